The molecule has 1 unspecified atom stereocenters. The van der Waals surface area contributed by atoms with E-state index in [1.807, 2.05) is 6.07 Å². The Morgan fingerprint density at radius 2 is 2.16 bits per heavy atom. The van der Waals surface area contributed by atoms with Crippen molar-refractivity contribution in [2.45, 2.75) is 26.3 Å². The molecule has 0 saturated heterocycles. The monoisotopic (exact) mass is 275 g/mol. The average Bonchev–Trinajstić information content (AvgIpc) is 2.91. The summed E-state index contributed by atoms with van der Waals surface area (Å²) in [6, 6.07) is 8.89. The molecule has 0 aliphatic carbocycles. The van der Waals surface area contributed by atoms with Crippen LogP contribution in [0.4, 0.5) is 0 Å². The van der Waals surface area contributed by atoms with Gasteiger partial charge in [0.2, 0.25) is 0 Å². The molecule has 102 valence electrons. The molecule has 2 nitrogen and oxygen atoms in total. The number of thiophene rings is 1. The first-order chi connectivity index (χ1) is 9.24. The fourth-order valence-corrected chi connectivity index (χ4v) is 3.03. The van der Waals surface area contributed by atoms with Crippen LogP contribution in [-0.4, -0.2) is 13.7 Å². The lowest BCUT2D eigenvalue weighted by atomic mass is 9.96. The van der Waals surface area contributed by atoms with E-state index in [0.29, 0.717) is 6.04 Å². The van der Waals surface area contributed by atoms with Crippen LogP contribution in [0, 0.1) is 6.92 Å². The van der Waals surface area contributed by atoms with Gasteiger partial charge in [0.15, 0.2) is 0 Å². The van der Waals surface area contributed by atoms with Crippen LogP contribution < -0.4 is 10.1 Å². The van der Waals surface area contributed by atoms with Gasteiger partial charge in [0.05, 0.1) is 7.11 Å². The fraction of sp³-hybridized carbons (Fsp3) is 0.375. The van der Waals surface area contributed by atoms with Crippen LogP contribution in [-0.2, 0) is 6.42 Å². The standard InChI is InChI=1S/C16H21NOS/c1-4-17-16(10-13-7-8-19-11-13)15-6-5-14(18-3)9-12(15)2/h5-9,11,16-17H,4,10H2,1-3H3. The lowest BCUT2D eigenvalue weighted by Crippen LogP contribution is -2.23. The molecule has 1 N–H and O–H groups in total. The Morgan fingerprint density at radius 1 is 1.32 bits per heavy atom. The Hall–Kier alpha value is -1.32. The largest absolute Gasteiger partial charge is 0.497 e. The lowest BCUT2D eigenvalue weighted by Gasteiger charge is -2.20. The Morgan fingerprint density at radius 3 is 2.74 bits per heavy atom. The molecule has 0 fully saturated rings. The number of rotatable bonds is 6. The van der Waals surface area contributed by atoms with Crippen molar-refractivity contribution in [1.82, 2.24) is 5.32 Å². The summed E-state index contributed by atoms with van der Waals surface area (Å²) in [7, 11) is 1.71. The maximum atomic E-state index is 5.28. The minimum absolute atomic E-state index is 0.366. The van der Waals surface area contributed by atoms with E-state index in [1.165, 1.54) is 16.7 Å². The Bertz CT molecular complexity index is 507. The normalized spacial score (nSPS) is 12.4. The highest BCUT2D eigenvalue weighted by atomic mass is 32.1. The summed E-state index contributed by atoms with van der Waals surface area (Å²) >= 11 is 1.76. The van der Waals surface area contributed by atoms with Gasteiger partial charge in [-0.05, 0) is 65.5 Å². The molecule has 0 saturated carbocycles. The first kappa shape index (κ1) is 14.1. The fourth-order valence-electron chi connectivity index (χ4n) is 2.35. The van der Waals surface area contributed by atoms with Gasteiger partial charge in [-0.3, -0.25) is 0 Å². The molecule has 1 atom stereocenters. The third-order valence-electron chi connectivity index (χ3n) is 3.32. The van der Waals surface area contributed by atoms with Crippen LogP contribution in [0.15, 0.2) is 35.0 Å². The molecule has 1 aromatic heterocycles. The third kappa shape index (κ3) is 3.58. The van der Waals surface area contributed by atoms with Gasteiger partial charge in [0, 0.05) is 6.04 Å². The first-order valence-electron chi connectivity index (χ1n) is 6.63. The molecule has 1 aromatic carbocycles. The molecule has 0 aliphatic rings. The number of methoxy groups -OCH3 is 1. The van der Waals surface area contributed by atoms with E-state index in [9.17, 15) is 0 Å². The van der Waals surface area contributed by atoms with Crippen molar-refractivity contribution >= 4 is 11.3 Å². The van der Waals surface area contributed by atoms with Crippen molar-refractivity contribution in [2.75, 3.05) is 13.7 Å². The van der Waals surface area contributed by atoms with E-state index in [2.05, 4.69) is 48.1 Å². The summed E-state index contributed by atoms with van der Waals surface area (Å²) in [5, 5.41) is 7.94. The highest BCUT2D eigenvalue weighted by molar-refractivity contribution is 7.07. The number of hydrogen-bond acceptors (Lipinski definition) is 3. The van der Waals surface area contributed by atoms with Gasteiger partial charge < -0.3 is 10.1 Å². The van der Waals surface area contributed by atoms with Gasteiger partial charge in [-0.2, -0.15) is 11.3 Å². The summed E-state index contributed by atoms with van der Waals surface area (Å²) in [5.74, 6) is 0.923. The van der Waals surface area contributed by atoms with Gasteiger partial charge >= 0.3 is 0 Å². The molecule has 3 heteroatoms. The number of benzene rings is 1. The van der Waals surface area contributed by atoms with Crippen molar-refractivity contribution in [1.29, 1.82) is 0 Å². The van der Waals surface area contributed by atoms with Gasteiger partial charge in [-0.15, -0.1) is 0 Å². The molecule has 0 bridgehead atoms. The van der Waals surface area contributed by atoms with Crippen molar-refractivity contribution in [3.8, 4) is 5.75 Å². The van der Waals surface area contributed by atoms with E-state index >= 15 is 0 Å². The summed E-state index contributed by atoms with van der Waals surface area (Å²) in [6.07, 6.45) is 1.03. The van der Waals surface area contributed by atoms with E-state index in [0.717, 1.165) is 18.7 Å². The molecule has 2 rings (SSSR count). The molecule has 0 aliphatic heterocycles. The lowest BCUT2D eigenvalue weighted by molar-refractivity contribution is 0.414. The Labute approximate surface area is 119 Å². The van der Waals surface area contributed by atoms with Gasteiger partial charge in [0.1, 0.15) is 5.75 Å². The molecule has 0 spiro atoms. The summed E-state index contributed by atoms with van der Waals surface area (Å²) in [5.41, 5.74) is 4.03. The van der Waals surface area contributed by atoms with E-state index in [4.69, 9.17) is 4.74 Å². The average molecular weight is 275 g/mol. The van der Waals surface area contributed by atoms with Gasteiger partial charge in [-0.1, -0.05) is 13.0 Å². The predicted octanol–water partition coefficient (Wildman–Crippen LogP) is 3.96. The number of ether oxygens (including phenoxy) is 1. The maximum absolute atomic E-state index is 5.28. The highest BCUT2D eigenvalue weighted by Gasteiger charge is 2.14. The van der Waals surface area contributed by atoms with Crippen molar-refractivity contribution in [3.05, 3.63) is 51.7 Å². The highest BCUT2D eigenvalue weighted by Crippen LogP contribution is 2.25. The zero-order valence-electron chi connectivity index (χ0n) is 11.8. The number of nitrogens with one attached hydrogen (secondary N) is 1. The maximum Gasteiger partial charge on any atom is 0.119 e. The van der Waals surface area contributed by atoms with E-state index in [-0.39, 0.29) is 0 Å². The van der Waals surface area contributed by atoms with Crippen LogP contribution in [0.3, 0.4) is 0 Å². The van der Waals surface area contributed by atoms with Crippen LogP contribution >= 0.6 is 11.3 Å². The summed E-state index contributed by atoms with van der Waals surface area (Å²) in [4.78, 5) is 0. The minimum atomic E-state index is 0.366. The number of likely N-dealkylation sites (N-methyl/N-ethyl adjacent to an activating group) is 1. The quantitative estimate of drug-likeness (QED) is 0.861. The summed E-state index contributed by atoms with van der Waals surface area (Å²) in [6.45, 7) is 5.27. The molecule has 1 heterocycles. The van der Waals surface area contributed by atoms with Crippen LogP contribution in [0.1, 0.15) is 29.7 Å². The van der Waals surface area contributed by atoms with Crippen LogP contribution in [0.5, 0.6) is 5.75 Å². The smallest absolute Gasteiger partial charge is 0.119 e. The molecule has 0 amide bonds. The van der Waals surface area contributed by atoms with E-state index < -0.39 is 0 Å². The van der Waals surface area contributed by atoms with Crippen molar-refractivity contribution in [3.63, 3.8) is 0 Å². The zero-order valence-corrected chi connectivity index (χ0v) is 12.6. The topological polar surface area (TPSA) is 21.3 Å². The SMILES string of the molecule is CCNC(Cc1ccsc1)c1ccc(OC)cc1C. The van der Waals surface area contributed by atoms with Crippen molar-refractivity contribution < 1.29 is 4.74 Å². The number of aryl methyl sites for hydroxylation is 1. The second-order valence-electron chi connectivity index (χ2n) is 4.67. The zero-order chi connectivity index (χ0) is 13.7. The Kier molecular flexibility index (Phi) is 5.00. The molecule has 0 radical (unpaired) electrons. The van der Waals surface area contributed by atoms with Crippen molar-refractivity contribution in [2.24, 2.45) is 0 Å². The Balaban J connectivity index is 2.23. The van der Waals surface area contributed by atoms with Gasteiger partial charge in [0.25, 0.3) is 0 Å². The molecular weight excluding hydrogens is 254 g/mol. The van der Waals surface area contributed by atoms with E-state index in [1.54, 1.807) is 18.4 Å². The number of hydrogen-bond donors (Lipinski definition) is 1. The van der Waals surface area contributed by atoms with Crippen LogP contribution in [0.2, 0.25) is 0 Å². The second-order valence-corrected chi connectivity index (χ2v) is 5.45. The predicted molar refractivity (Wildman–Crippen MR) is 82.2 cm³/mol. The third-order valence-corrected chi connectivity index (χ3v) is 4.05. The molecule has 2 aromatic rings. The molecular formula is C16H21NOS. The van der Waals surface area contributed by atoms with Crippen LogP contribution in [0.25, 0.3) is 0 Å². The van der Waals surface area contributed by atoms with Gasteiger partial charge in [-0.25, -0.2) is 0 Å². The minimum Gasteiger partial charge on any atom is -0.497 e. The molecule has 19 heavy (non-hydrogen) atoms. The second kappa shape index (κ2) is 6.73. The first-order valence-corrected chi connectivity index (χ1v) is 7.58. The summed E-state index contributed by atoms with van der Waals surface area (Å²) < 4.78 is 5.28.